The Hall–Kier alpha value is -1.89. The predicted molar refractivity (Wildman–Crippen MR) is 101 cm³/mol. The summed E-state index contributed by atoms with van der Waals surface area (Å²) in [6, 6.07) is 12.0. The number of anilines is 1. The van der Waals surface area contributed by atoms with Crippen LogP contribution in [0.5, 0.6) is 0 Å². The molecule has 1 heterocycles. The van der Waals surface area contributed by atoms with Crippen molar-refractivity contribution in [3.63, 3.8) is 0 Å². The molecule has 2 aromatic carbocycles. The van der Waals surface area contributed by atoms with E-state index in [0.29, 0.717) is 18.0 Å². The fourth-order valence-corrected chi connectivity index (χ4v) is 4.38. The van der Waals surface area contributed by atoms with Crippen LogP contribution < -0.4 is 9.62 Å². The molecule has 2 aliphatic rings. The second kappa shape index (κ2) is 6.68. The number of amides is 1. The number of rotatable bonds is 5. The van der Waals surface area contributed by atoms with Gasteiger partial charge in [0.15, 0.2) is 0 Å². The zero-order chi connectivity index (χ0) is 18.3. The average molecular weight is 391 g/mol. The second-order valence-electron chi connectivity index (χ2n) is 6.76. The molecule has 7 heteroatoms. The third-order valence-electron chi connectivity index (χ3n) is 4.83. The molecule has 0 saturated heterocycles. The molecule has 4 rings (SSSR count). The van der Waals surface area contributed by atoms with Crippen LogP contribution >= 0.6 is 11.6 Å². The topological polar surface area (TPSA) is 66.5 Å². The third-order valence-corrected chi connectivity index (χ3v) is 6.48. The smallest absolute Gasteiger partial charge is 0.240 e. The van der Waals surface area contributed by atoms with Gasteiger partial charge in [-0.25, -0.2) is 13.1 Å². The first-order valence-corrected chi connectivity index (χ1v) is 10.5. The molecule has 2 aromatic rings. The summed E-state index contributed by atoms with van der Waals surface area (Å²) in [5.41, 5.74) is 2.59. The Balaban J connectivity index is 1.50. The fraction of sp³-hybridized carbons (Fsp3) is 0.316. The minimum Gasteiger partial charge on any atom is -0.312 e. The molecule has 136 valence electrons. The number of hydrogen-bond acceptors (Lipinski definition) is 3. The van der Waals surface area contributed by atoms with Gasteiger partial charge in [-0.1, -0.05) is 23.7 Å². The molecule has 1 aliphatic carbocycles. The van der Waals surface area contributed by atoms with Crippen molar-refractivity contribution in [3.8, 4) is 0 Å². The summed E-state index contributed by atoms with van der Waals surface area (Å²) in [6.07, 6.45) is 2.62. The molecule has 1 fully saturated rings. The molecule has 0 radical (unpaired) electrons. The minimum absolute atomic E-state index is 0.158. The van der Waals surface area contributed by atoms with Crippen molar-refractivity contribution in [2.75, 3.05) is 11.4 Å². The van der Waals surface area contributed by atoms with Gasteiger partial charge in [0.25, 0.3) is 0 Å². The first-order chi connectivity index (χ1) is 12.4. The lowest BCUT2D eigenvalue weighted by Gasteiger charge is -2.17. The molecular formula is C19H19ClN2O3S. The van der Waals surface area contributed by atoms with Gasteiger partial charge in [0.1, 0.15) is 0 Å². The van der Waals surface area contributed by atoms with Gasteiger partial charge in [-0.2, -0.15) is 0 Å². The van der Waals surface area contributed by atoms with Crippen molar-refractivity contribution in [1.29, 1.82) is 0 Å². The number of carbonyl (C=O) groups is 1. The molecule has 0 atom stereocenters. The van der Waals surface area contributed by atoms with E-state index < -0.39 is 10.0 Å². The van der Waals surface area contributed by atoms with Gasteiger partial charge in [0.2, 0.25) is 15.9 Å². The number of hydrogen-bond donors (Lipinski definition) is 1. The van der Waals surface area contributed by atoms with Gasteiger partial charge in [-0.05, 0) is 60.7 Å². The maximum atomic E-state index is 12.6. The summed E-state index contributed by atoms with van der Waals surface area (Å²) in [5, 5.41) is 0.612. The number of nitrogens with one attached hydrogen (secondary N) is 1. The van der Waals surface area contributed by atoms with Crippen LogP contribution in [-0.2, 0) is 27.8 Å². The first kappa shape index (κ1) is 17.5. The lowest BCUT2D eigenvalue weighted by molar-refractivity contribution is -0.119. The Morgan fingerprint density at radius 1 is 1.15 bits per heavy atom. The van der Waals surface area contributed by atoms with Crippen LogP contribution in [-0.4, -0.2) is 20.9 Å². The number of benzene rings is 2. The first-order valence-electron chi connectivity index (χ1n) is 8.62. The average Bonchev–Trinajstić information content (AvgIpc) is 3.40. The highest BCUT2D eigenvalue weighted by atomic mass is 35.5. The van der Waals surface area contributed by atoms with E-state index in [-0.39, 0.29) is 23.3 Å². The van der Waals surface area contributed by atoms with Crippen LogP contribution in [0.1, 0.15) is 24.0 Å². The molecule has 0 unspecified atom stereocenters. The molecular weight excluding hydrogens is 372 g/mol. The Kier molecular flexibility index (Phi) is 4.50. The molecule has 0 aromatic heterocycles. The number of nitrogens with zero attached hydrogens (tertiary/aromatic N) is 1. The maximum Gasteiger partial charge on any atom is 0.240 e. The van der Waals surface area contributed by atoms with Gasteiger partial charge < -0.3 is 4.90 Å². The maximum absolute atomic E-state index is 12.6. The monoisotopic (exact) mass is 390 g/mol. The summed E-state index contributed by atoms with van der Waals surface area (Å²) >= 11 is 5.84. The van der Waals surface area contributed by atoms with Crippen LogP contribution in [0.2, 0.25) is 5.02 Å². The van der Waals surface area contributed by atoms with Gasteiger partial charge in [-0.15, -0.1) is 0 Å². The zero-order valence-corrected chi connectivity index (χ0v) is 15.7. The Morgan fingerprint density at radius 2 is 1.88 bits per heavy atom. The zero-order valence-electron chi connectivity index (χ0n) is 14.1. The summed E-state index contributed by atoms with van der Waals surface area (Å²) in [5.74, 6) is 0.325. The lowest BCUT2D eigenvalue weighted by Crippen LogP contribution is -2.30. The van der Waals surface area contributed by atoms with Crippen LogP contribution in [0.3, 0.4) is 0 Å². The normalized spacial score (nSPS) is 16.6. The predicted octanol–water partition coefficient (Wildman–Crippen LogP) is 3.12. The van der Waals surface area contributed by atoms with Crippen molar-refractivity contribution in [2.45, 2.75) is 30.7 Å². The van der Waals surface area contributed by atoms with Crippen molar-refractivity contribution in [3.05, 3.63) is 58.6 Å². The molecule has 0 spiro atoms. The van der Waals surface area contributed by atoms with Crippen LogP contribution in [0.25, 0.3) is 0 Å². The van der Waals surface area contributed by atoms with Crippen molar-refractivity contribution < 1.29 is 13.2 Å². The largest absolute Gasteiger partial charge is 0.312 e. The number of carbonyl (C=O) groups excluding carboxylic acids is 1. The fourth-order valence-electron chi connectivity index (χ4n) is 3.19. The quantitative estimate of drug-likeness (QED) is 0.852. The highest BCUT2D eigenvalue weighted by molar-refractivity contribution is 7.89. The van der Waals surface area contributed by atoms with E-state index in [1.54, 1.807) is 47.4 Å². The minimum atomic E-state index is -3.62. The van der Waals surface area contributed by atoms with E-state index in [2.05, 4.69) is 4.72 Å². The van der Waals surface area contributed by atoms with Gasteiger partial charge in [0, 0.05) is 29.7 Å². The van der Waals surface area contributed by atoms with Crippen molar-refractivity contribution >= 4 is 33.2 Å². The molecule has 1 N–H and O–H groups in total. The van der Waals surface area contributed by atoms with E-state index in [0.717, 1.165) is 29.7 Å². The SMILES string of the molecule is O=C(C1CC1)N1CCc2cc(S(=O)(=O)NCc3ccc(Cl)cc3)ccc21. The summed E-state index contributed by atoms with van der Waals surface area (Å²) in [7, 11) is -3.62. The van der Waals surface area contributed by atoms with Gasteiger partial charge >= 0.3 is 0 Å². The number of sulfonamides is 1. The molecule has 0 bridgehead atoms. The van der Waals surface area contributed by atoms with E-state index in [9.17, 15) is 13.2 Å². The van der Waals surface area contributed by atoms with Crippen molar-refractivity contribution in [2.24, 2.45) is 5.92 Å². The highest BCUT2D eigenvalue weighted by Gasteiger charge is 2.36. The standard InChI is InChI=1S/C19H19ClN2O3S/c20-16-5-1-13(2-6-16)12-21-26(24,25)17-7-8-18-15(11-17)9-10-22(18)19(23)14-3-4-14/h1-2,5-8,11,14,21H,3-4,9-10,12H2. The molecule has 1 aliphatic heterocycles. The molecule has 5 nitrogen and oxygen atoms in total. The highest BCUT2D eigenvalue weighted by Crippen LogP contribution is 2.37. The van der Waals surface area contributed by atoms with E-state index >= 15 is 0 Å². The second-order valence-corrected chi connectivity index (χ2v) is 8.96. The Morgan fingerprint density at radius 3 is 2.58 bits per heavy atom. The number of halogens is 1. The lowest BCUT2D eigenvalue weighted by atomic mass is 10.2. The molecule has 1 amide bonds. The van der Waals surface area contributed by atoms with E-state index in [1.807, 2.05) is 0 Å². The number of fused-ring (bicyclic) bond motifs is 1. The van der Waals surface area contributed by atoms with E-state index in [1.165, 1.54) is 0 Å². The van der Waals surface area contributed by atoms with Crippen LogP contribution in [0, 0.1) is 5.92 Å². The summed E-state index contributed by atoms with van der Waals surface area (Å²) in [6.45, 7) is 0.829. The Bertz CT molecular complexity index is 953. The van der Waals surface area contributed by atoms with Crippen LogP contribution in [0.15, 0.2) is 47.4 Å². The van der Waals surface area contributed by atoms with Crippen LogP contribution in [0.4, 0.5) is 5.69 Å². The van der Waals surface area contributed by atoms with Crippen molar-refractivity contribution in [1.82, 2.24) is 4.72 Å². The summed E-state index contributed by atoms with van der Waals surface area (Å²) in [4.78, 5) is 14.3. The summed E-state index contributed by atoms with van der Waals surface area (Å²) < 4.78 is 27.8. The van der Waals surface area contributed by atoms with Gasteiger partial charge in [0.05, 0.1) is 4.90 Å². The van der Waals surface area contributed by atoms with Gasteiger partial charge in [-0.3, -0.25) is 4.79 Å². The third kappa shape index (κ3) is 3.49. The Labute approximate surface area is 158 Å². The van der Waals surface area contributed by atoms with E-state index in [4.69, 9.17) is 11.6 Å². The molecule has 1 saturated carbocycles. The molecule has 26 heavy (non-hydrogen) atoms.